The van der Waals surface area contributed by atoms with Crippen LogP contribution < -0.4 is 5.32 Å². The van der Waals surface area contributed by atoms with Crippen LogP contribution in [0.3, 0.4) is 0 Å². The highest BCUT2D eigenvalue weighted by atomic mass is 16.5. The summed E-state index contributed by atoms with van der Waals surface area (Å²) in [6.07, 6.45) is 4.88. The average molecular weight is 268 g/mol. The maximum atomic E-state index is 12.1. The molecule has 4 nitrogen and oxygen atoms in total. The SMILES string of the molecule is COC(=O)C(C)(CN1CCCC(C)C1C)NC1CC1. The third kappa shape index (κ3) is 3.48. The summed E-state index contributed by atoms with van der Waals surface area (Å²) in [5.74, 6) is 0.571. The number of carbonyl (C=O) groups excluding carboxylic acids is 1. The molecule has 0 aromatic rings. The Balaban J connectivity index is 2.03. The number of methoxy groups -OCH3 is 1. The zero-order valence-electron chi connectivity index (χ0n) is 12.7. The molecule has 2 aliphatic rings. The Morgan fingerprint density at radius 3 is 2.63 bits per heavy atom. The lowest BCUT2D eigenvalue weighted by atomic mass is 9.90. The number of nitrogens with one attached hydrogen (secondary N) is 1. The lowest BCUT2D eigenvalue weighted by molar-refractivity contribution is -0.149. The number of esters is 1. The smallest absolute Gasteiger partial charge is 0.327 e. The van der Waals surface area contributed by atoms with Gasteiger partial charge in [-0.3, -0.25) is 15.0 Å². The predicted molar refractivity (Wildman–Crippen MR) is 76.0 cm³/mol. The number of hydrogen-bond acceptors (Lipinski definition) is 4. The molecule has 3 unspecified atom stereocenters. The first-order valence-electron chi connectivity index (χ1n) is 7.56. The summed E-state index contributed by atoms with van der Waals surface area (Å²) in [7, 11) is 1.48. The topological polar surface area (TPSA) is 41.6 Å². The molecule has 0 aromatic carbocycles. The van der Waals surface area contributed by atoms with Crippen molar-refractivity contribution in [1.82, 2.24) is 10.2 Å². The van der Waals surface area contributed by atoms with E-state index in [0.717, 1.165) is 13.1 Å². The monoisotopic (exact) mass is 268 g/mol. The van der Waals surface area contributed by atoms with Gasteiger partial charge in [0.2, 0.25) is 0 Å². The van der Waals surface area contributed by atoms with Crippen LogP contribution in [0.4, 0.5) is 0 Å². The van der Waals surface area contributed by atoms with Crippen LogP contribution in [0, 0.1) is 5.92 Å². The van der Waals surface area contributed by atoms with E-state index < -0.39 is 5.54 Å². The molecule has 3 atom stereocenters. The number of hydrogen-bond donors (Lipinski definition) is 1. The first-order valence-corrected chi connectivity index (χ1v) is 7.56. The van der Waals surface area contributed by atoms with Gasteiger partial charge in [-0.1, -0.05) is 6.92 Å². The van der Waals surface area contributed by atoms with Gasteiger partial charge in [-0.05, 0) is 52.0 Å². The molecule has 0 spiro atoms. The molecule has 2 rings (SSSR count). The molecule has 19 heavy (non-hydrogen) atoms. The molecule has 1 aliphatic heterocycles. The highest BCUT2D eigenvalue weighted by molar-refractivity contribution is 5.80. The summed E-state index contributed by atoms with van der Waals surface area (Å²) in [6.45, 7) is 8.41. The number of piperidine rings is 1. The van der Waals surface area contributed by atoms with E-state index in [9.17, 15) is 4.79 Å². The molecular formula is C15H28N2O2. The van der Waals surface area contributed by atoms with Gasteiger partial charge in [0, 0.05) is 18.6 Å². The highest BCUT2D eigenvalue weighted by Gasteiger charge is 2.42. The van der Waals surface area contributed by atoms with Crippen molar-refractivity contribution in [1.29, 1.82) is 0 Å². The maximum Gasteiger partial charge on any atom is 0.327 e. The van der Waals surface area contributed by atoms with Crippen LogP contribution >= 0.6 is 0 Å². The van der Waals surface area contributed by atoms with Crippen LogP contribution in [0.15, 0.2) is 0 Å². The van der Waals surface area contributed by atoms with E-state index in [1.54, 1.807) is 0 Å². The van der Waals surface area contributed by atoms with Gasteiger partial charge in [0.15, 0.2) is 0 Å². The second-order valence-corrected chi connectivity index (χ2v) is 6.57. The van der Waals surface area contributed by atoms with Crippen molar-refractivity contribution in [3.8, 4) is 0 Å². The highest BCUT2D eigenvalue weighted by Crippen LogP contribution is 2.27. The summed E-state index contributed by atoms with van der Waals surface area (Å²) < 4.78 is 5.02. The summed E-state index contributed by atoms with van der Waals surface area (Å²) in [4.78, 5) is 14.6. The van der Waals surface area contributed by atoms with Crippen molar-refractivity contribution < 1.29 is 9.53 Å². The normalized spacial score (nSPS) is 31.8. The van der Waals surface area contributed by atoms with Crippen molar-refractivity contribution in [3.63, 3.8) is 0 Å². The largest absolute Gasteiger partial charge is 0.468 e. The third-order valence-corrected chi connectivity index (χ3v) is 4.76. The predicted octanol–water partition coefficient (Wildman–Crippen LogP) is 1.79. The van der Waals surface area contributed by atoms with Crippen LogP contribution in [-0.4, -0.2) is 48.7 Å². The number of rotatable bonds is 5. The van der Waals surface area contributed by atoms with Gasteiger partial charge in [0.05, 0.1) is 7.11 Å². The first kappa shape index (κ1) is 14.8. The summed E-state index contributed by atoms with van der Waals surface area (Å²) in [5.41, 5.74) is -0.568. The summed E-state index contributed by atoms with van der Waals surface area (Å²) in [6, 6.07) is 1.04. The van der Waals surface area contributed by atoms with E-state index >= 15 is 0 Å². The molecule has 0 aromatic heterocycles. The number of nitrogens with zero attached hydrogens (tertiary/aromatic N) is 1. The van der Waals surface area contributed by atoms with E-state index in [1.807, 2.05) is 6.92 Å². The van der Waals surface area contributed by atoms with E-state index in [2.05, 4.69) is 24.1 Å². The van der Waals surface area contributed by atoms with Crippen LogP contribution in [0.25, 0.3) is 0 Å². The van der Waals surface area contributed by atoms with Crippen LogP contribution in [0.5, 0.6) is 0 Å². The minimum atomic E-state index is -0.568. The Hall–Kier alpha value is -0.610. The van der Waals surface area contributed by atoms with Crippen LogP contribution in [-0.2, 0) is 9.53 Å². The lowest BCUT2D eigenvalue weighted by Gasteiger charge is -2.42. The average Bonchev–Trinajstić information content (AvgIpc) is 3.17. The Labute approximate surface area is 116 Å². The van der Waals surface area contributed by atoms with Crippen molar-refractivity contribution >= 4 is 5.97 Å². The zero-order chi connectivity index (χ0) is 14.0. The second-order valence-electron chi connectivity index (χ2n) is 6.57. The van der Waals surface area contributed by atoms with Gasteiger partial charge >= 0.3 is 5.97 Å². The van der Waals surface area contributed by atoms with Gasteiger partial charge in [-0.25, -0.2) is 0 Å². The van der Waals surface area contributed by atoms with Gasteiger partial charge < -0.3 is 4.74 Å². The van der Waals surface area contributed by atoms with E-state index in [-0.39, 0.29) is 5.97 Å². The van der Waals surface area contributed by atoms with Crippen molar-refractivity contribution in [2.24, 2.45) is 5.92 Å². The summed E-state index contributed by atoms with van der Waals surface area (Å²) >= 11 is 0. The molecule has 1 heterocycles. The number of carbonyl (C=O) groups is 1. The number of likely N-dealkylation sites (tertiary alicyclic amines) is 1. The molecule has 2 fully saturated rings. The second kappa shape index (κ2) is 5.80. The van der Waals surface area contributed by atoms with Gasteiger partial charge in [-0.2, -0.15) is 0 Å². The van der Waals surface area contributed by atoms with Crippen molar-refractivity contribution in [2.75, 3.05) is 20.2 Å². The maximum absolute atomic E-state index is 12.1. The van der Waals surface area contributed by atoms with E-state index in [0.29, 0.717) is 18.0 Å². The Bertz CT molecular complexity index is 330. The molecule has 1 saturated carbocycles. The number of ether oxygens (including phenoxy) is 1. The fourth-order valence-corrected chi connectivity index (χ4v) is 3.12. The Kier molecular flexibility index (Phi) is 4.51. The van der Waals surface area contributed by atoms with Gasteiger partial charge in [0.25, 0.3) is 0 Å². The van der Waals surface area contributed by atoms with Crippen LogP contribution in [0.1, 0.15) is 46.5 Å². The Morgan fingerprint density at radius 2 is 2.05 bits per heavy atom. The van der Waals surface area contributed by atoms with E-state index in [4.69, 9.17) is 4.74 Å². The first-order chi connectivity index (χ1) is 8.96. The molecule has 4 heteroatoms. The van der Waals surface area contributed by atoms with Gasteiger partial charge in [0.1, 0.15) is 5.54 Å². The Morgan fingerprint density at radius 1 is 1.37 bits per heavy atom. The molecular weight excluding hydrogens is 240 g/mol. The fourth-order valence-electron chi connectivity index (χ4n) is 3.12. The minimum Gasteiger partial charge on any atom is -0.468 e. The summed E-state index contributed by atoms with van der Waals surface area (Å²) in [5, 5.41) is 3.48. The van der Waals surface area contributed by atoms with Crippen molar-refractivity contribution in [3.05, 3.63) is 0 Å². The standard InChI is InChI=1S/C15H28N2O2/c1-11-6-5-9-17(12(11)2)10-15(3,14(18)19-4)16-13-7-8-13/h11-13,16H,5-10H2,1-4H3. The zero-order valence-corrected chi connectivity index (χ0v) is 12.7. The quantitative estimate of drug-likeness (QED) is 0.772. The molecule has 1 N–H and O–H groups in total. The molecule has 0 amide bonds. The molecule has 0 radical (unpaired) electrons. The lowest BCUT2D eigenvalue weighted by Crippen LogP contribution is -2.60. The van der Waals surface area contributed by atoms with E-state index in [1.165, 1.54) is 32.8 Å². The van der Waals surface area contributed by atoms with Crippen LogP contribution in [0.2, 0.25) is 0 Å². The molecule has 110 valence electrons. The minimum absolute atomic E-state index is 0.134. The molecule has 1 aliphatic carbocycles. The third-order valence-electron chi connectivity index (χ3n) is 4.76. The molecule has 1 saturated heterocycles. The molecule has 0 bridgehead atoms. The fraction of sp³-hybridized carbons (Fsp3) is 0.933. The van der Waals surface area contributed by atoms with Crippen molar-refractivity contribution in [2.45, 2.75) is 64.1 Å². The van der Waals surface area contributed by atoms with Gasteiger partial charge in [-0.15, -0.1) is 0 Å².